The Bertz CT molecular complexity index is 1310. The number of aliphatic hydroxyl groups is 1. The second-order valence-corrected chi connectivity index (χ2v) is 9.63. The van der Waals surface area contributed by atoms with E-state index in [0.717, 1.165) is 29.6 Å². The number of aromatic amines is 1. The molecule has 0 saturated carbocycles. The third kappa shape index (κ3) is 6.06. The Morgan fingerprint density at radius 2 is 1.89 bits per heavy atom. The van der Waals surface area contributed by atoms with E-state index in [1.165, 1.54) is 11.1 Å². The van der Waals surface area contributed by atoms with Crippen molar-refractivity contribution in [3.05, 3.63) is 87.5 Å². The standard InChI is InChI=1S/C28H36N6O2/c1-4-21-11-12-25-23(17-21)18-24(28(36)29-25)19-33(14-8-16-35)26(20(2)3)27-30-31-32-34(27)15-13-22-9-6-5-7-10-22/h5-7,9-12,17-18,20,26,35H,4,8,13-16,19H2,1-3H3,(H,29,36)/t26-/m1/s1. The molecule has 2 N–H and O–H groups in total. The zero-order chi connectivity index (χ0) is 25.5. The van der Waals surface area contributed by atoms with Gasteiger partial charge in [-0.3, -0.25) is 9.69 Å². The average Bonchev–Trinajstić information content (AvgIpc) is 3.34. The molecule has 0 radical (unpaired) electrons. The van der Waals surface area contributed by atoms with Crippen LogP contribution in [0.4, 0.5) is 0 Å². The van der Waals surface area contributed by atoms with Gasteiger partial charge in [0.25, 0.3) is 5.56 Å². The van der Waals surface area contributed by atoms with E-state index in [9.17, 15) is 9.90 Å². The van der Waals surface area contributed by atoms with Crippen molar-refractivity contribution in [3.8, 4) is 0 Å². The van der Waals surface area contributed by atoms with Gasteiger partial charge in [0.15, 0.2) is 5.82 Å². The molecule has 0 aliphatic rings. The van der Waals surface area contributed by atoms with Crippen LogP contribution in [0.5, 0.6) is 0 Å². The lowest BCUT2D eigenvalue weighted by molar-refractivity contribution is 0.122. The Kier molecular flexibility index (Phi) is 8.61. The molecule has 1 atom stereocenters. The number of aryl methyl sites for hydroxylation is 3. The highest BCUT2D eigenvalue weighted by molar-refractivity contribution is 5.79. The van der Waals surface area contributed by atoms with E-state index in [4.69, 9.17) is 0 Å². The normalized spacial score (nSPS) is 12.6. The number of benzene rings is 2. The van der Waals surface area contributed by atoms with Crippen LogP contribution in [0, 0.1) is 5.92 Å². The van der Waals surface area contributed by atoms with Crippen LogP contribution >= 0.6 is 0 Å². The number of hydrogen-bond acceptors (Lipinski definition) is 6. The summed E-state index contributed by atoms with van der Waals surface area (Å²) in [5, 5.41) is 23.4. The maximum Gasteiger partial charge on any atom is 0.252 e. The Labute approximate surface area is 212 Å². The summed E-state index contributed by atoms with van der Waals surface area (Å²) in [5.41, 5.74) is 3.91. The highest BCUT2D eigenvalue weighted by atomic mass is 16.3. The fourth-order valence-corrected chi connectivity index (χ4v) is 4.79. The lowest BCUT2D eigenvalue weighted by Gasteiger charge is -2.33. The zero-order valence-corrected chi connectivity index (χ0v) is 21.4. The molecule has 0 bridgehead atoms. The van der Waals surface area contributed by atoms with Gasteiger partial charge in [0.2, 0.25) is 0 Å². The molecule has 2 aromatic carbocycles. The van der Waals surface area contributed by atoms with Crippen LogP contribution in [0.25, 0.3) is 10.9 Å². The minimum Gasteiger partial charge on any atom is -0.396 e. The fraction of sp³-hybridized carbons (Fsp3) is 0.429. The zero-order valence-electron chi connectivity index (χ0n) is 21.4. The molecule has 0 saturated heterocycles. The Balaban J connectivity index is 1.65. The summed E-state index contributed by atoms with van der Waals surface area (Å²) in [6, 6.07) is 18.3. The van der Waals surface area contributed by atoms with E-state index in [0.29, 0.717) is 31.6 Å². The van der Waals surface area contributed by atoms with Crippen molar-refractivity contribution in [2.45, 2.75) is 59.2 Å². The van der Waals surface area contributed by atoms with Gasteiger partial charge >= 0.3 is 0 Å². The van der Waals surface area contributed by atoms with Gasteiger partial charge in [-0.15, -0.1) is 5.10 Å². The predicted molar refractivity (Wildman–Crippen MR) is 142 cm³/mol. The van der Waals surface area contributed by atoms with Gasteiger partial charge in [-0.25, -0.2) is 4.68 Å². The van der Waals surface area contributed by atoms with Crippen molar-refractivity contribution in [2.75, 3.05) is 13.2 Å². The van der Waals surface area contributed by atoms with E-state index >= 15 is 0 Å². The first kappa shape index (κ1) is 25.7. The van der Waals surface area contributed by atoms with Crippen molar-refractivity contribution in [1.29, 1.82) is 0 Å². The van der Waals surface area contributed by atoms with Gasteiger partial charge in [0, 0.05) is 37.3 Å². The monoisotopic (exact) mass is 488 g/mol. The highest BCUT2D eigenvalue weighted by Gasteiger charge is 2.29. The van der Waals surface area contributed by atoms with E-state index < -0.39 is 0 Å². The van der Waals surface area contributed by atoms with Crippen LogP contribution in [-0.2, 0) is 25.9 Å². The Morgan fingerprint density at radius 3 is 2.61 bits per heavy atom. The second kappa shape index (κ2) is 12.1. The molecular weight excluding hydrogens is 452 g/mol. The van der Waals surface area contributed by atoms with E-state index in [2.05, 4.69) is 70.4 Å². The van der Waals surface area contributed by atoms with Crippen LogP contribution in [0.15, 0.2) is 59.4 Å². The van der Waals surface area contributed by atoms with E-state index in [1.54, 1.807) is 0 Å². The van der Waals surface area contributed by atoms with Crippen molar-refractivity contribution < 1.29 is 5.11 Å². The summed E-state index contributed by atoms with van der Waals surface area (Å²) in [7, 11) is 0. The van der Waals surface area contributed by atoms with Crippen LogP contribution in [-0.4, -0.2) is 48.3 Å². The van der Waals surface area contributed by atoms with Crippen molar-refractivity contribution >= 4 is 10.9 Å². The van der Waals surface area contributed by atoms with Crippen LogP contribution in [0.1, 0.15) is 55.7 Å². The molecule has 190 valence electrons. The molecular formula is C28H36N6O2. The molecule has 4 aromatic rings. The third-order valence-corrected chi connectivity index (χ3v) is 6.67. The Morgan fingerprint density at radius 1 is 1.08 bits per heavy atom. The molecule has 8 nitrogen and oxygen atoms in total. The number of nitrogens with one attached hydrogen (secondary N) is 1. The summed E-state index contributed by atoms with van der Waals surface area (Å²) in [5.74, 6) is 0.973. The lowest BCUT2D eigenvalue weighted by Crippen LogP contribution is -2.36. The Hall–Kier alpha value is -3.36. The minimum absolute atomic E-state index is 0.0776. The van der Waals surface area contributed by atoms with Crippen LogP contribution in [0.3, 0.4) is 0 Å². The molecule has 0 unspecified atom stereocenters. The van der Waals surface area contributed by atoms with E-state index in [1.807, 2.05) is 35.0 Å². The van der Waals surface area contributed by atoms with Crippen molar-refractivity contribution in [3.63, 3.8) is 0 Å². The molecule has 2 heterocycles. The summed E-state index contributed by atoms with van der Waals surface area (Å²) < 4.78 is 1.88. The van der Waals surface area contributed by atoms with Gasteiger partial charge < -0.3 is 10.1 Å². The second-order valence-electron chi connectivity index (χ2n) is 9.63. The topological polar surface area (TPSA) is 99.9 Å². The first-order chi connectivity index (χ1) is 17.5. The smallest absolute Gasteiger partial charge is 0.252 e. The molecule has 36 heavy (non-hydrogen) atoms. The SMILES string of the molecule is CCc1ccc2[nH]c(=O)c(CN(CCCO)[C@@H](c3nnnn3CCc3ccccc3)C(C)C)cc2c1. The molecule has 0 aliphatic carbocycles. The number of fused-ring (bicyclic) bond motifs is 1. The first-order valence-corrected chi connectivity index (χ1v) is 12.8. The molecule has 0 aliphatic heterocycles. The van der Waals surface area contributed by atoms with Gasteiger partial charge in [-0.05, 0) is 70.3 Å². The fourth-order valence-electron chi connectivity index (χ4n) is 4.79. The van der Waals surface area contributed by atoms with Gasteiger partial charge in [0.05, 0.1) is 6.04 Å². The number of aromatic nitrogens is 5. The number of nitrogens with zero attached hydrogens (tertiary/aromatic N) is 5. The number of aliphatic hydroxyl groups excluding tert-OH is 1. The summed E-state index contributed by atoms with van der Waals surface area (Å²) in [6.07, 6.45) is 2.36. The minimum atomic E-state index is -0.112. The first-order valence-electron chi connectivity index (χ1n) is 12.8. The number of pyridine rings is 1. The maximum absolute atomic E-state index is 13.0. The summed E-state index contributed by atoms with van der Waals surface area (Å²) in [4.78, 5) is 18.3. The largest absolute Gasteiger partial charge is 0.396 e. The molecule has 4 rings (SSSR count). The van der Waals surface area contributed by atoms with Crippen LogP contribution < -0.4 is 5.56 Å². The number of rotatable bonds is 12. The molecule has 0 amide bonds. The van der Waals surface area contributed by atoms with Crippen molar-refractivity contribution in [1.82, 2.24) is 30.1 Å². The van der Waals surface area contributed by atoms with Crippen LogP contribution in [0.2, 0.25) is 0 Å². The maximum atomic E-state index is 13.0. The van der Waals surface area contributed by atoms with Gasteiger partial charge in [-0.2, -0.15) is 0 Å². The number of hydrogen-bond donors (Lipinski definition) is 2. The lowest BCUT2D eigenvalue weighted by atomic mass is 9.99. The molecule has 0 fully saturated rings. The average molecular weight is 489 g/mol. The molecule has 8 heteroatoms. The predicted octanol–water partition coefficient (Wildman–Crippen LogP) is 3.90. The third-order valence-electron chi connectivity index (χ3n) is 6.67. The highest BCUT2D eigenvalue weighted by Crippen LogP contribution is 2.29. The van der Waals surface area contributed by atoms with Gasteiger partial charge in [-0.1, -0.05) is 57.2 Å². The number of tetrazole rings is 1. The molecule has 0 spiro atoms. The molecule has 2 aromatic heterocycles. The van der Waals surface area contributed by atoms with E-state index in [-0.39, 0.29) is 24.1 Å². The van der Waals surface area contributed by atoms with Crippen molar-refractivity contribution in [2.24, 2.45) is 5.92 Å². The summed E-state index contributed by atoms with van der Waals surface area (Å²) >= 11 is 0. The van der Waals surface area contributed by atoms with Gasteiger partial charge in [0.1, 0.15) is 0 Å². The summed E-state index contributed by atoms with van der Waals surface area (Å²) in [6.45, 7) is 8.22. The quantitative estimate of drug-likeness (QED) is 0.314. The number of H-pyrrole nitrogens is 1.